The van der Waals surface area contributed by atoms with Gasteiger partial charge in [-0.1, -0.05) is 36.4 Å². The molecule has 0 spiro atoms. The largest absolute Gasteiger partial charge is 0.340 e. The van der Waals surface area contributed by atoms with Crippen LogP contribution in [0.5, 0.6) is 0 Å². The highest BCUT2D eigenvalue weighted by Crippen LogP contribution is 2.23. The van der Waals surface area contributed by atoms with Crippen LogP contribution in [-0.2, 0) is 0 Å². The fourth-order valence-electron chi connectivity index (χ4n) is 2.70. The molecule has 0 aliphatic carbocycles. The first kappa shape index (κ1) is 15.8. The van der Waals surface area contributed by atoms with E-state index >= 15 is 0 Å². The van der Waals surface area contributed by atoms with Crippen molar-refractivity contribution >= 4 is 34.0 Å². The lowest BCUT2D eigenvalue weighted by Gasteiger charge is -2.10. The third-order valence-corrected chi connectivity index (χ3v) is 3.96. The summed E-state index contributed by atoms with van der Waals surface area (Å²) in [5.74, 6) is 0.545. The van der Waals surface area contributed by atoms with Crippen molar-refractivity contribution in [2.45, 2.75) is 0 Å². The van der Waals surface area contributed by atoms with Crippen LogP contribution in [-0.4, -0.2) is 15.9 Å². The zero-order valence-corrected chi connectivity index (χ0v) is 13.9. The molecular weight excluding hydrogens is 324 g/mol. The molecule has 1 heterocycles. The van der Waals surface area contributed by atoms with E-state index in [1.165, 1.54) is 6.33 Å². The van der Waals surface area contributed by atoms with Gasteiger partial charge in [-0.05, 0) is 42.5 Å². The minimum atomic E-state index is -0.160. The molecule has 5 nitrogen and oxygen atoms in total. The van der Waals surface area contributed by atoms with Gasteiger partial charge < -0.3 is 10.6 Å². The number of fused-ring (bicyclic) bond motifs is 1. The molecule has 5 heteroatoms. The van der Waals surface area contributed by atoms with E-state index in [0.29, 0.717) is 11.4 Å². The van der Waals surface area contributed by atoms with E-state index < -0.39 is 0 Å². The minimum absolute atomic E-state index is 0.160. The van der Waals surface area contributed by atoms with E-state index in [4.69, 9.17) is 0 Å². The molecule has 0 radical (unpaired) electrons. The lowest BCUT2D eigenvalue weighted by atomic mass is 10.1. The van der Waals surface area contributed by atoms with Crippen molar-refractivity contribution in [2.75, 3.05) is 10.6 Å². The fourth-order valence-corrected chi connectivity index (χ4v) is 2.70. The Morgan fingerprint density at radius 3 is 2.42 bits per heavy atom. The van der Waals surface area contributed by atoms with Gasteiger partial charge in [-0.2, -0.15) is 0 Å². The highest BCUT2D eigenvalue weighted by atomic mass is 16.1. The fraction of sp³-hybridized carbons (Fsp3) is 0. The number of anilines is 3. The van der Waals surface area contributed by atoms with E-state index in [0.717, 1.165) is 22.3 Å². The number of carbonyl (C=O) groups is 1. The Morgan fingerprint density at radius 1 is 0.769 bits per heavy atom. The predicted molar refractivity (Wildman–Crippen MR) is 104 cm³/mol. The molecule has 3 aromatic carbocycles. The Balaban J connectivity index is 1.58. The summed E-state index contributed by atoms with van der Waals surface area (Å²) in [5, 5.41) is 7.09. The van der Waals surface area contributed by atoms with Crippen LogP contribution in [0.15, 0.2) is 85.2 Å². The smallest absolute Gasteiger partial charge is 0.255 e. The topological polar surface area (TPSA) is 66.9 Å². The number of aromatic nitrogens is 2. The van der Waals surface area contributed by atoms with Crippen molar-refractivity contribution in [1.29, 1.82) is 0 Å². The molecule has 1 amide bonds. The van der Waals surface area contributed by atoms with Crippen LogP contribution in [0.4, 0.5) is 17.2 Å². The maximum absolute atomic E-state index is 12.5. The van der Waals surface area contributed by atoms with Crippen LogP contribution < -0.4 is 10.6 Å². The van der Waals surface area contributed by atoms with E-state index in [1.54, 1.807) is 12.1 Å². The van der Waals surface area contributed by atoms with Crippen molar-refractivity contribution in [1.82, 2.24) is 9.97 Å². The average Bonchev–Trinajstić information content (AvgIpc) is 2.69. The molecule has 0 aliphatic heterocycles. The second-order valence-corrected chi connectivity index (χ2v) is 5.77. The SMILES string of the molecule is O=C(Nc1ccccc1)c1cccc(Nc2ncnc3ccccc23)c1. The van der Waals surface area contributed by atoms with E-state index in [2.05, 4.69) is 20.6 Å². The van der Waals surface area contributed by atoms with Gasteiger partial charge >= 0.3 is 0 Å². The molecule has 0 fully saturated rings. The van der Waals surface area contributed by atoms with Crippen LogP contribution in [0.3, 0.4) is 0 Å². The molecule has 4 aromatic rings. The van der Waals surface area contributed by atoms with E-state index in [9.17, 15) is 4.79 Å². The lowest BCUT2D eigenvalue weighted by Crippen LogP contribution is -2.11. The van der Waals surface area contributed by atoms with Crippen molar-refractivity contribution < 1.29 is 4.79 Å². The molecule has 4 rings (SSSR count). The number of benzene rings is 3. The maximum atomic E-state index is 12.5. The summed E-state index contributed by atoms with van der Waals surface area (Å²) in [4.78, 5) is 21.0. The molecule has 0 saturated heterocycles. The Morgan fingerprint density at radius 2 is 1.54 bits per heavy atom. The van der Waals surface area contributed by atoms with E-state index in [1.807, 2.05) is 66.7 Å². The maximum Gasteiger partial charge on any atom is 0.255 e. The predicted octanol–water partition coefficient (Wildman–Crippen LogP) is 4.63. The molecular formula is C21H16N4O. The molecule has 2 N–H and O–H groups in total. The standard InChI is InChI=1S/C21H16N4O/c26-21(25-16-8-2-1-3-9-16)15-7-6-10-17(13-15)24-20-18-11-4-5-12-19(18)22-14-23-20/h1-14H,(H,25,26)(H,22,23,24). The number of nitrogens with one attached hydrogen (secondary N) is 2. The number of hydrogen-bond donors (Lipinski definition) is 2. The zero-order chi connectivity index (χ0) is 17.8. The lowest BCUT2D eigenvalue weighted by molar-refractivity contribution is 0.102. The van der Waals surface area contributed by atoms with Crippen LogP contribution in [0.2, 0.25) is 0 Å². The number of hydrogen-bond acceptors (Lipinski definition) is 4. The summed E-state index contributed by atoms with van der Waals surface area (Å²) in [6.45, 7) is 0. The van der Waals surface area contributed by atoms with Crippen LogP contribution in [0.25, 0.3) is 10.9 Å². The minimum Gasteiger partial charge on any atom is -0.340 e. The first-order valence-corrected chi connectivity index (χ1v) is 8.23. The van der Waals surface area contributed by atoms with Crippen molar-refractivity contribution in [3.8, 4) is 0 Å². The van der Waals surface area contributed by atoms with Gasteiger partial charge in [-0.3, -0.25) is 4.79 Å². The Hall–Kier alpha value is -3.73. The third-order valence-electron chi connectivity index (χ3n) is 3.96. The summed E-state index contributed by atoms with van der Waals surface area (Å²) in [7, 11) is 0. The van der Waals surface area contributed by atoms with Crippen LogP contribution in [0, 0.1) is 0 Å². The van der Waals surface area contributed by atoms with Gasteiger partial charge in [0.2, 0.25) is 0 Å². The van der Waals surface area contributed by atoms with Crippen LogP contribution >= 0.6 is 0 Å². The first-order chi connectivity index (χ1) is 12.8. The summed E-state index contributed by atoms with van der Waals surface area (Å²) >= 11 is 0. The average molecular weight is 340 g/mol. The van der Waals surface area contributed by atoms with Crippen molar-refractivity contribution in [3.63, 3.8) is 0 Å². The second kappa shape index (κ2) is 7.03. The number of rotatable bonds is 4. The molecule has 0 unspecified atom stereocenters. The monoisotopic (exact) mass is 340 g/mol. The summed E-state index contributed by atoms with van der Waals surface area (Å²) < 4.78 is 0. The van der Waals surface area contributed by atoms with Crippen molar-refractivity contribution in [2.24, 2.45) is 0 Å². The van der Waals surface area contributed by atoms with Crippen LogP contribution in [0.1, 0.15) is 10.4 Å². The third kappa shape index (κ3) is 3.37. The van der Waals surface area contributed by atoms with Crippen molar-refractivity contribution in [3.05, 3.63) is 90.8 Å². The normalized spacial score (nSPS) is 10.5. The summed E-state index contributed by atoms with van der Waals surface area (Å²) in [6, 6.07) is 24.5. The Bertz CT molecular complexity index is 1060. The molecule has 0 aliphatic rings. The second-order valence-electron chi connectivity index (χ2n) is 5.77. The molecule has 0 saturated carbocycles. The summed E-state index contributed by atoms with van der Waals surface area (Å²) in [5.41, 5.74) is 2.98. The Labute approximate surface area is 150 Å². The molecule has 1 aromatic heterocycles. The molecule has 0 atom stereocenters. The quantitative estimate of drug-likeness (QED) is 0.568. The van der Waals surface area contributed by atoms with E-state index in [-0.39, 0.29) is 5.91 Å². The molecule has 126 valence electrons. The number of carbonyl (C=O) groups excluding carboxylic acids is 1. The van der Waals surface area contributed by atoms with Gasteiger partial charge in [0.25, 0.3) is 5.91 Å². The van der Waals surface area contributed by atoms with Gasteiger partial charge in [0, 0.05) is 22.3 Å². The van der Waals surface area contributed by atoms with Gasteiger partial charge in [0.05, 0.1) is 5.52 Å². The highest BCUT2D eigenvalue weighted by Gasteiger charge is 2.08. The number of nitrogens with zero attached hydrogens (tertiary/aromatic N) is 2. The molecule has 26 heavy (non-hydrogen) atoms. The van der Waals surface area contributed by atoms with Gasteiger partial charge in [-0.15, -0.1) is 0 Å². The van der Waals surface area contributed by atoms with Gasteiger partial charge in [0.15, 0.2) is 0 Å². The van der Waals surface area contributed by atoms with Gasteiger partial charge in [-0.25, -0.2) is 9.97 Å². The first-order valence-electron chi connectivity index (χ1n) is 8.23. The molecule has 0 bridgehead atoms. The highest BCUT2D eigenvalue weighted by molar-refractivity contribution is 6.05. The number of para-hydroxylation sites is 2. The number of amides is 1. The zero-order valence-electron chi connectivity index (χ0n) is 13.9. The summed E-state index contributed by atoms with van der Waals surface area (Å²) in [6.07, 6.45) is 1.52. The Kier molecular flexibility index (Phi) is 4.26. The van der Waals surface area contributed by atoms with Gasteiger partial charge in [0.1, 0.15) is 12.1 Å².